The maximum absolute atomic E-state index is 12.5. The lowest BCUT2D eigenvalue weighted by atomic mass is 9.87. The molecule has 1 N–H and O–H groups in total. The number of carbonyl (C=O) groups excluding carboxylic acids is 1. The SMILES string of the molecule is CCCOc1ccccc1[C@@H]1CC(=O)Nc2c1cnn2-c1cccc(Cl)c1. The Morgan fingerprint density at radius 1 is 1.22 bits per heavy atom. The smallest absolute Gasteiger partial charge is 0.226 e. The minimum atomic E-state index is -0.102. The number of nitrogens with zero attached hydrogens (tertiary/aromatic N) is 2. The molecule has 0 fully saturated rings. The molecule has 0 saturated carbocycles. The molecular formula is C21H20ClN3O2. The first kappa shape index (κ1) is 17.6. The van der Waals surface area contributed by atoms with Crippen LogP contribution in [0.15, 0.2) is 54.7 Å². The van der Waals surface area contributed by atoms with Crippen molar-refractivity contribution in [1.29, 1.82) is 0 Å². The van der Waals surface area contributed by atoms with Crippen LogP contribution < -0.4 is 10.1 Å². The lowest BCUT2D eigenvalue weighted by Gasteiger charge is -2.25. The van der Waals surface area contributed by atoms with Crippen LogP contribution >= 0.6 is 11.6 Å². The molecule has 0 bridgehead atoms. The number of amides is 1. The molecule has 2 aromatic carbocycles. The van der Waals surface area contributed by atoms with Gasteiger partial charge in [-0.1, -0.05) is 42.8 Å². The van der Waals surface area contributed by atoms with E-state index >= 15 is 0 Å². The van der Waals surface area contributed by atoms with E-state index in [9.17, 15) is 4.79 Å². The summed E-state index contributed by atoms with van der Waals surface area (Å²) in [4.78, 5) is 12.5. The van der Waals surface area contributed by atoms with E-state index in [2.05, 4.69) is 17.3 Å². The number of rotatable bonds is 5. The molecule has 0 aliphatic carbocycles. The van der Waals surface area contributed by atoms with Crippen molar-refractivity contribution in [3.63, 3.8) is 0 Å². The van der Waals surface area contributed by atoms with Crippen LogP contribution in [-0.2, 0) is 4.79 Å². The zero-order valence-electron chi connectivity index (χ0n) is 15.0. The number of aromatic nitrogens is 2. The highest BCUT2D eigenvalue weighted by Gasteiger charge is 2.32. The topological polar surface area (TPSA) is 56.1 Å². The molecule has 6 heteroatoms. The second-order valence-electron chi connectivity index (χ2n) is 6.53. The van der Waals surface area contributed by atoms with Crippen molar-refractivity contribution in [2.75, 3.05) is 11.9 Å². The van der Waals surface area contributed by atoms with E-state index in [-0.39, 0.29) is 11.8 Å². The fourth-order valence-corrected chi connectivity index (χ4v) is 3.60. The van der Waals surface area contributed by atoms with Gasteiger partial charge in [-0.15, -0.1) is 0 Å². The molecule has 0 radical (unpaired) electrons. The molecule has 1 aliphatic rings. The van der Waals surface area contributed by atoms with Crippen molar-refractivity contribution in [3.05, 3.63) is 70.9 Å². The van der Waals surface area contributed by atoms with Crippen molar-refractivity contribution in [1.82, 2.24) is 9.78 Å². The Morgan fingerprint density at radius 3 is 2.89 bits per heavy atom. The summed E-state index contributed by atoms with van der Waals surface area (Å²) < 4.78 is 7.64. The van der Waals surface area contributed by atoms with E-state index in [0.29, 0.717) is 23.9 Å². The van der Waals surface area contributed by atoms with E-state index in [1.807, 2.05) is 54.7 Å². The van der Waals surface area contributed by atoms with Crippen LogP contribution in [0.5, 0.6) is 5.75 Å². The van der Waals surface area contributed by atoms with Crippen molar-refractivity contribution >= 4 is 23.3 Å². The third-order valence-electron chi connectivity index (χ3n) is 4.63. The van der Waals surface area contributed by atoms with E-state index in [4.69, 9.17) is 16.3 Å². The van der Waals surface area contributed by atoms with E-state index in [1.165, 1.54) is 0 Å². The molecule has 1 aromatic heterocycles. The maximum Gasteiger partial charge on any atom is 0.226 e. The fourth-order valence-electron chi connectivity index (χ4n) is 3.41. The molecule has 0 saturated heterocycles. The van der Waals surface area contributed by atoms with Gasteiger partial charge >= 0.3 is 0 Å². The van der Waals surface area contributed by atoms with Gasteiger partial charge in [-0.2, -0.15) is 5.10 Å². The average Bonchev–Trinajstić information content (AvgIpc) is 3.09. The zero-order chi connectivity index (χ0) is 18.8. The third kappa shape index (κ3) is 3.43. The van der Waals surface area contributed by atoms with Crippen molar-refractivity contribution < 1.29 is 9.53 Å². The van der Waals surface area contributed by atoms with Crippen LogP contribution in [0.3, 0.4) is 0 Å². The third-order valence-corrected chi connectivity index (χ3v) is 4.86. The predicted octanol–water partition coefficient (Wildman–Crippen LogP) is 4.79. The van der Waals surface area contributed by atoms with Crippen LogP contribution in [0.1, 0.15) is 36.8 Å². The Balaban J connectivity index is 1.78. The number of ether oxygens (including phenoxy) is 1. The number of nitrogens with one attached hydrogen (secondary N) is 1. The van der Waals surface area contributed by atoms with Gasteiger partial charge in [0.1, 0.15) is 11.6 Å². The minimum absolute atomic E-state index is 0.0402. The normalized spacial score (nSPS) is 15.9. The van der Waals surface area contributed by atoms with E-state index in [0.717, 1.165) is 29.0 Å². The van der Waals surface area contributed by atoms with Gasteiger partial charge in [0.15, 0.2) is 0 Å². The van der Waals surface area contributed by atoms with Crippen LogP contribution in [-0.4, -0.2) is 22.3 Å². The molecular weight excluding hydrogens is 362 g/mol. The highest BCUT2D eigenvalue weighted by atomic mass is 35.5. The average molecular weight is 382 g/mol. The number of benzene rings is 2. The van der Waals surface area contributed by atoms with Crippen LogP contribution in [0.2, 0.25) is 5.02 Å². The number of hydrogen-bond acceptors (Lipinski definition) is 3. The molecule has 0 unspecified atom stereocenters. The quantitative estimate of drug-likeness (QED) is 0.691. The second-order valence-corrected chi connectivity index (χ2v) is 6.97. The van der Waals surface area contributed by atoms with E-state index in [1.54, 1.807) is 4.68 Å². The zero-order valence-corrected chi connectivity index (χ0v) is 15.7. The van der Waals surface area contributed by atoms with Gasteiger partial charge in [-0.25, -0.2) is 4.68 Å². The monoisotopic (exact) mass is 381 g/mol. The number of carbonyl (C=O) groups is 1. The number of para-hydroxylation sites is 1. The summed E-state index contributed by atoms with van der Waals surface area (Å²) >= 11 is 6.12. The summed E-state index contributed by atoms with van der Waals surface area (Å²) in [5, 5.41) is 8.10. The van der Waals surface area contributed by atoms with Crippen molar-refractivity contribution in [2.45, 2.75) is 25.7 Å². The Morgan fingerprint density at radius 2 is 2.07 bits per heavy atom. The first-order valence-electron chi connectivity index (χ1n) is 9.02. The number of hydrogen-bond donors (Lipinski definition) is 1. The Hall–Kier alpha value is -2.79. The van der Waals surface area contributed by atoms with Crippen molar-refractivity contribution in [3.8, 4) is 11.4 Å². The highest BCUT2D eigenvalue weighted by molar-refractivity contribution is 6.30. The first-order valence-corrected chi connectivity index (χ1v) is 9.40. The van der Waals surface area contributed by atoms with Gasteiger partial charge in [0.05, 0.1) is 18.5 Å². The molecule has 1 aliphatic heterocycles. The van der Waals surface area contributed by atoms with Crippen LogP contribution in [0.4, 0.5) is 5.82 Å². The fraction of sp³-hybridized carbons (Fsp3) is 0.238. The lowest BCUT2D eigenvalue weighted by Crippen LogP contribution is -2.25. The van der Waals surface area contributed by atoms with Gasteiger partial charge in [0.2, 0.25) is 5.91 Å². The molecule has 1 amide bonds. The molecule has 27 heavy (non-hydrogen) atoms. The maximum atomic E-state index is 12.5. The Bertz CT molecular complexity index is 983. The molecule has 0 spiro atoms. The predicted molar refractivity (Wildman–Crippen MR) is 106 cm³/mol. The number of halogens is 1. The van der Waals surface area contributed by atoms with Crippen LogP contribution in [0, 0.1) is 0 Å². The lowest BCUT2D eigenvalue weighted by molar-refractivity contribution is -0.116. The van der Waals surface area contributed by atoms with E-state index < -0.39 is 0 Å². The summed E-state index contributed by atoms with van der Waals surface area (Å²) in [5.74, 6) is 1.36. The molecule has 2 heterocycles. The number of anilines is 1. The summed E-state index contributed by atoms with van der Waals surface area (Å²) in [5.41, 5.74) is 2.79. The molecule has 3 aromatic rings. The standard InChI is InChI=1S/C21H20ClN3O2/c1-2-10-27-19-9-4-3-8-16(19)17-12-20(26)24-21-18(17)13-23-25(21)15-7-5-6-14(22)11-15/h3-9,11,13,17H,2,10,12H2,1H3,(H,24,26)/t17-/m0/s1. The van der Waals surface area contributed by atoms with Gasteiger partial charge in [0, 0.05) is 28.5 Å². The summed E-state index contributed by atoms with van der Waals surface area (Å²) in [6, 6.07) is 15.3. The minimum Gasteiger partial charge on any atom is -0.493 e. The Kier molecular flexibility index (Phi) is 4.86. The molecule has 1 atom stereocenters. The van der Waals surface area contributed by atoms with Crippen LogP contribution in [0.25, 0.3) is 5.69 Å². The van der Waals surface area contributed by atoms with Gasteiger partial charge in [0.25, 0.3) is 0 Å². The summed E-state index contributed by atoms with van der Waals surface area (Å²) in [6.07, 6.45) is 3.11. The molecule has 5 nitrogen and oxygen atoms in total. The molecule has 4 rings (SSSR count). The summed E-state index contributed by atoms with van der Waals surface area (Å²) in [7, 11) is 0. The van der Waals surface area contributed by atoms with Gasteiger partial charge < -0.3 is 10.1 Å². The first-order chi connectivity index (χ1) is 13.2. The van der Waals surface area contributed by atoms with Crippen molar-refractivity contribution in [2.24, 2.45) is 0 Å². The largest absolute Gasteiger partial charge is 0.493 e. The second kappa shape index (κ2) is 7.45. The summed E-state index contributed by atoms with van der Waals surface area (Å²) in [6.45, 7) is 2.72. The highest BCUT2D eigenvalue weighted by Crippen LogP contribution is 2.41. The number of fused-ring (bicyclic) bond motifs is 1. The van der Waals surface area contributed by atoms with Gasteiger partial charge in [-0.05, 0) is 30.7 Å². The van der Waals surface area contributed by atoms with Gasteiger partial charge in [-0.3, -0.25) is 4.79 Å². The molecule has 138 valence electrons. The Labute approximate surface area is 162 Å².